The van der Waals surface area contributed by atoms with E-state index in [0.29, 0.717) is 22.6 Å². The van der Waals surface area contributed by atoms with Crippen molar-refractivity contribution in [3.63, 3.8) is 0 Å². The first kappa shape index (κ1) is 22.0. The summed E-state index contributed by atoms with van der Waals surface area (Å²) in [5.74, 6) is 1.29. The second kappa shape index (κ2) is 8.58. The van der Waals surface area contributed by atoms with Gasteiger partial charge in [0.05, 0.1) is 24.7 Å². The number of rotatable bonds is 7. The van der Waals surface area contributed by atoms with E-state index in [9.17, 15) is 16.8 Å². The minimum atomic E-state index is -3.96. The van der Waals surface area contributed by atoms with Crippen LogP contribution < -0.4 is 8.45 Å². The van der Waals surface area contributed by atoms with Gasteiger partial charge in [-0.3, -0.25) is 0 Å². The average molecular weight is 407 g/mol. The van der Waals surface area contributed by atoms with E-state index in [-0.39, 0.29) is 5.69 Å². The van der Waals surface area contributed by atoms with Crippen molar-refractivity contribution in [3.8, 4) is 5.75 Å². The molecule has 0 amide bonds. The summed E-state index contributed by atoms with van der Waals surface area (Å²) in [5, 5.41) is 0. The van der Waals surface area contributed by atoms with Gasteiger partial charge in [0.25, 0.3) is 0 Å². The lowest BCUT2D eigenvalue weighted by Crippen LogP contribution is -2.35. The maximum absolute atomic E-state index is 11.7. The van der Waals surface area contributed by atoms with Gasteiger partial charge in [0.2, 0.25) is 20.0 Å². The molecule has 0 aliphatic carbocycles. The fraction of sp³-hybridized carbons (Fsp3) is 0.533. The molecule has 148 valence electrons. The van der Waals surface area contributed by atoms with Crippen LogP contribution in [0.15, 0.2) is 29.3 Å². The van der Waals surface area contributed by atoms with Gasteiger partial charge in [-0.2, -0.15) is 3.71 Å². The molecule has 1 aromatic rings. The predicted molar refractivity (Wildman–Crippen MR) is 104 cm³/mol. The van der Waals surface area contributed by atoms with Crippen molar-refractivity contribution in [1.82, 2.24) is 9.80 Å². The summed E-state index contributed by atoms with van der Waals surface area (Å²) < 4.78 is 52.9. The van der Waals surface area contributed by atoms with E-state index < -0.39 is 20.0 Å². The van der Waals surface area contributed by atoms with Crippen molar-refractivity contribution < 1.29 is 21.6 Å². The van der Waals surface area contributed by atoms with Crippen LogP contribution in [0.3, 0.4) is 0 Å². The van der Waals surface area contributed by atoms with E-state index >= 15 is 0 Å². The summed E-state index contributed by atoms with van der Waals surface area (Å²) in [7, 11) is -0.329. The SMILES string of the molecule is CN(C)C(=NCCOc1ccc(N(S(C)(=O)=O)S(C)(=O)=O)cc1)N(C)C. The molecule has 9 nitrogen and oxygen atoms in total. The topological polar surface area (TPSA) is 99.6 Å². The quantitative estimate of drug-likeness (QED) is 0.364. The van der Waals surface area contributed by atoms with E-state index in [1.807, 2.05) is 38.0 Å². The van der Waals surface area contributed by atoms with Crippen LogP contribution in [0.25, 0.3) is 0 Å². The molecule has 1 aromatic carbocycles. The number of sulfonamides is 2. The van der Waals surface area contributed by atoms with Crippen molar-refractivity contribution in [2.24, 2.45) is 4.99 Å². The van der Waals surface area contributed by atoms with Crippen LogP contribution in [0.4, 0.5) is 5.69 Å². The maximum Gasteiger partial charge on any atom is 0.245 e. The maximum atomic E-state index is 11.7. The van der Waals surface area contributed by atoms with Gasteiger partial charge in [0, 0.05) is 28.2 Å². The molecule has 0 N–H and O–H groups in total. The van der Waals surface area contributed by atoms with Crippen LogP contribution in [-0.2, 0) is 20.0 Å². The van der Waals surface area contributed by atoms with E-state index in [2.05, 4.69) is 4.99 Å². The Labute approximate surface area is 156 Å². The van der Waals surface area contributed by atoms with Crippen LogP contribution in [0, 0.1) is 0 Å². The molecule has 0 unspecified atom stereocenters. The minimum Gasteiger partial charge on any atom is -0.492 e. The minimum absolute atomic E-state index is 0.0304. The van der Waals surface area contributed by atoms with E-state index in [4.69, 9.17) is 4.74 Å². The molecular weight excluding hydrogens is 380 g/mol. The number of hydrogen-bond acceptors (Lipinski definition) is 6. The van der Waals surface area contributed by atoms with Crippen molar-refractivity contribution in [3.05, 3.63) is 24.3 Å². The Balaban J connectivity index is 2.81. The third-order valence-electron chi connectivity index (χ3n) is 3.06. The summed E-state index contributed by atoms with van der Waals surface area (Å²) in [6, 6.07) is 5.79. The molecule has 0 saturated carbocycles. The molecular formula is C15H26N4O5S2. The number of aliphatic imine (C=N–C) groups is 1. The zero-order valence-corrected chi connectivity index (χ0v) is 17.5. The Morgan fingerprint density at radius 1 is 0.923 bits per heavy atom. The monoisotopic (exact) mass is 406 g/mol. The molecule has 0 aliphatic rings. The van der Waals surface area contributed by atoms with E-state index in [1.54, 1.807) is 0 Å². The van der Waals surface area contributed by atoms with Crippen LogP contribution in [0.2, 0.25) is 0 Å². The van der Waals surface area contributed by atoms with Crippen molar-refractivity contribution in [2.45, 2.75) is 0 Å². The highest BCUT2D eigenvalue weighted by atomic mass is 32.3. The summed E-state index contributed by atoms with van der Waals surface area (Å²) in [4.78, 5) is 8.20. The Morgan fingerprint density at radius 2 is 1.38 bits per heavy atom. The average Bonchev–Trinajstić information content (AvgIpc) is 2.44. The number of benzene rings is 1. The lowest BCUT2D eigenvalue weighted by Gasteiger charge is -2.22. The third kappa shape index (κ3) is 6.37. The fourth-order valence-corrected chi connectivity index (χ4v) is 5.26. The van der Waals surface area contributed by atoms with Crippen molar-refractivity contribution >= 4 is 31.7 Å². The van der Waals surface area contributed by atoms with Crippen molar-refractivity contribution in [2.75, 3.05) is 57.6 Å². The second-order valence-corrected chi connectivity index (χ2v) is 9.93. The molecule has 0 saturated heterocycles. The summed E-state index contributed by atoms with van der Waals surface area (Å²) in [6.07, 6.45) is 1.67. The number of hydrogen-bond donors (Lipinski definition) is 0. The molecule has 11 heteroatoms. The van der Waals surface area contributed by atoms with Gasteiger partial charge in [0.1, 0.15) is 12.4 Å². The van der Waals surface area contributed by atoms with Gasteiger partial charge in [-0.25, -0.2) is 21.8 Å². The highest BCUT2D eigenvalue weighted by Gasteiger charge is 2.27. The van der Waals surface area contributed by atoms with Crippen LogP contribution >= 0.6 is 0 Å². The largest absolute Gasteiger partial charge is 0.492 e. The van der Waals surface area contributed by atoms with Gasteiger partial charge in [-0.05, 0) is 24.3 Å². The molecule has 0 aromatic heterocycles. The molecule has 0 aliphatic heterocycles. The zero-order valence-electron chi connectivity index (χ0n) is 15.9. The Hall–Kier alpha value is -2.01. The summed E-state index contributed by atoms with van der Waals surface area (Å²) in [6.45, 7) is 0.763. The number of guanidine groups is 1. The van der Waals surface area contributed by atoms with Crippen molar-refractivity contribution in [1.29, 1.82) is 0 Å². The number of nitrogens with zero attached hydrogens (tertiary/aromatic N) is 4. The molecule has 26 heavy (non-hydrogen) atoms. The van der Waals surface area contributed by atoms with Gasteiger partial charge in [0.15, 0.2) is 5.96 Å². The lowest BCUT2D eigenvalue weighted by atomic mass is 10.3. The van der Waals surface area contributed by atoms with Gasteiger partial charge >= 0.3 is 0 Å². The van der Waals surface area contributed by atoms with Crippen LogP contribution in [0.1, 0.15) is 0 Å². The second-order valence-electron chi connectivity index (χ2n) is 6.04. The standard InChI is InChI=1S/C15H26N4O5S2/c1-17(2)15(18(3)4)16-11-12-24-14-9-7-13(8-10-14)19(25(5,20)21)26(6,22)23/h7-10H,11-12H2,1-6H3. The third-order valence-corrected chi connectivity index (χ3v) is 6.31. The molecule has 0 bridgehead atoms. The molecule has 0 atom stereocenters. The van der Waals surface area contributed by atoms with Gasteiger partial charge in [-0.1, -0.05) is 0 Å². The Bertz CT molecular complexity index is 789. The first-order valence-corrected chi connectivity index (χ1v) is 11.4. The van der Waals surface area contributed by atoms with Gasteiger partial charge in [-0.15, -0.1) is 0 Å². The predicted octanol–water partition coefficient (Wildman–Crippen LogP) is 0.270. The van der Waals surface area contributed by atoms with Gasteiger partial charge < -0.3 is 14.5 Å². The molecule has 0 fully saturated rings. The molecule has 1 rings (SSSR count). The van der Waals surface area contributed by atoms with E-state index in [1.165, 1.54) is 24.3 Å². The smallest absolute Gasteiger partial charge is 0.245 e. The summed E-state index contributed by atoms with van der Waals surface area (Å²) in [5.41, 5.74) is 0.0304. The lowest BCUT2D eigenvalue weighted by molar-refractivity contribution is 0.326. The highest BCUT2D eigenvalue weighted by molar-refractivity contribution is 8.09. The fourth-order valence-electron chi connectivity index (χ4n) is 2.28. The molecule has 0 spiro atoms. The molecule has 0 heterocycles. The first-order chi connectivity index (χ1) is 11.8. The van der Waals surface area contributed by atoms with Crippen LogP contribution in [0.5, 0.6) is 5.75 Å². The number of anilines is 1. The summed E-state index contributed by atoms with van der Waals surface area (Å²) >= 11 is 0. The Kier molecular flexibility index (Phi) is 7.27. The number of ether oxygens (including phenoxy) is 1. The molecule has 0 radical (unpaired) electrons. The van der Waals surface area contributed by atoms with Crippen LogP contribution in [-0.4, -0.2) is 86.4 Å². The first-order valence-electron chi connectivity index (χ1n) is 7.66. The highest BCUT2D eigenvalue weighted by Crippen LogP contribution is 2.23. The normalized spacial score (nSPS) is 11.6. The zero-order chi connectivity index (χ0) is 20.1. The Morgan fingerprint density at radius 3 is 1.77 bits per heavy atom. The van der Waals surface area contributed by atoms with E-state index in [0.717, 1.165) is 18.5 Å².